The number of aryl methyl sites for hydroxylation is 2. The first-order valence-electron chi connectivity index (χ1n) is 5.04. The summed E-state index contributed by atoms with van der Waals surface area (Å²) in [6.07, 6.45) is 1.83. The highest BCUT2D eigenvalue weighted by Crippen LogP contribution is 2.28. The largest absolute Gasteiger partial charge is 0.496 e. The van der Waals surface area contributed by atoms with Crippen molar-refractivity contribution in [3.63, 3.8) is 0 Å². The van der Waals surface area contributed by atoms with Gasteiger partial charge in [0.15, 0.2) is 0 Å². The molecule has 0 aliphatic rings. The van der Waals surface area contributed by atoms with Gasteiger partial charge in [-0.1, -0.05) is 6.08 Å². The molecule has 1 aromatic rings. The number of aliphatic hydroxyl groups is 1. The number of hydrogen-bond donors (Lipinski definition) is 1. The second-order valence-electron chi connectivity index (χ2n) is 3.73. The molecule has 1 atom stereocenters. The zero-order chi connectivity index (χ0) is 11.4. The smallest absolute Gasteiger partial charge is 0.124 e. The van der Waals surface area contributed by atoms with Gasteiger partial charge >= 0.3 is 0 Å². The quantitative estimate of drug-likeness (QED) is 0.767. The Kier molecular flexibility index (Phi) is 3.92. The van der Waals surface area contributed by atoms with E-state index in [1.165, 1.54) is 0 Å². The summed E-state index contributed by atoms with van der Waals surface area (Å²) in [5.41, 5.74) is 3.02. The Bertz CT molecular complexity index is 333. The zero-order valence-electron chi connectivity index (χ0n) is 9.58. The van der Waals surface area contributed by atoms with Gasteiger partial charge in [-0.25, -0.2) is 0 Å². The Morgan fingerprint density at radius 3 is 2.33 bits per heavy atom. The monoisotopic (exact) mass is 206 g/mol. The predicted molar refractivity (Wildman–Crippen MR) is 62.2 cm³/mol. The predicted octanol–water partition coefficient (Wildman–Crippen LogP) is 2.92. The molecule has 82 valence electrons. The number of hydrogen-bond acceptors (Lipinski definition) is 2. The SMILES string of the molecule is C=CC[C@@H](O)c1cc(C)c(OC)c(C)c1. The van der Waals surface area contributed by atoms with Crippen LogP contribution in [0.15, 0.2) is 24.8 Å². The molecule has 0 bridgehead atoms. The fourth-order valence-corrected chi connectivity index (χ4v) is 1.79. The van der Waals surface area contributed by atoms with Gasteiger partial charge in [-0.15, -0.1) is 6.58 Å². The lowest BCUT2D eigenvalue weighted by molar-refractivity contribution is 0.181. The van der Waals surface area contributed by atoms with Crippen molar-refractivity contribution in [2.75, 3.05) is 7.11 Å². The van der Waals surface area contributed by atoms with Crippen LogP contribution in [0.4, 0.5) is 0 Å². The first-order chi connectivity index (χ1) is 7.10. The van der Waals surface area contributed by atoms with Gasteiger partial charge in [0.05, 0.1) is 13.2 Å². The summed E-state index contributed by atoms with van der Waals surface area (Å²) in [6, 6.07) is 3.92. The third-order valence-electron chi connectivity index (χ3n) is 2.46. The number of aliphatic hydroxyl groups excluding tert-OH is 1. The summed E-state index contributed by atoms with van der Waals surface area (Å²) in [6.45, 7) is 7.58. The summed E-state index contributed by atoms with van der Waals surface area (Å²) in [5, 5.41) is 9.82. The average Bonchev–Trinajstić information content (AvgIpc) is 2.17. The van der Waals surface area contributed by atoms with Crippen LogP contribution in [0.2, 0.25) is 0 Å². The Balaban J connectivity index is 3.07. The zero-order valence-corrected chi connectivity index (χ0v) is 9.58. The molecular formula is C13H18O2. The number of rotatable bonds is 4. The number of ether oxygens (including phenoxy) is 1. The van der Waals surface area contributed by atoms with Crippen molar-refractivity contribution in [2.24, 2.45) is 0 Å². The van der Waals surface area contributed by atoms with Gasteiger partial charge in [0, 0.05) is 0 Å². The molecule has 1 N–H and O–H groups in total. The van der Waals surface area contributed by atoms with Gasteiger partial charge < -0.3 is 9.84 Å². The molecule has 0 fully saturated rings. The highest BCUT2D eigenvalue weighted by atomic mass is 16.5. The minimum Gasteiger partial charge on any atom is -0.496 e. The second-order valence-corrected chi connectivity index (χ2v) is 3.73. The second kappa shape index (κ2) is 4.99. The van der Waals surface area contributed by atoms with Crippen molar-refractivity contribution in [3.05, 3.63) is 41.5 Å². The van der Waals surface area contributed by atoms with Crippen molar-refractivity contribution in [2.45, 2.75) is 26.4 Å². The summed E-state index contributed by atoms with van der Waals surface area (Å²) in [4.78, 5) is 0. The molecule has 0 spiro atoms. The van der Waals surface area contributed by atoms with Gasteiger partial charge in [0.25, 0.3) is 0 Å². The molecule has 2 nitrogen and oxygen atoms in total. The fraction of sp³-hybridized carbons (Fsp3) is 0.385. The molecule has 0 aliphatic heterocycles. The Morgan fingerprint density at radius 2 is 1.93 bits per heavy atom. The Labute approximate surface area is 91.2 Å². The van der Waals surface area contributed by atoms with E-state index in [1.54, 1.807) is 13.2 Å². The van der Waals surface area contributed by atoms with Crippen LogP contribution in [0.1, 0.15) is 29.2 Å². The van der Waals surface area contributed by atoms with E-state index < -0.39 is 6.10 Å². The van der Waals surface area contributed by atoms with Gasteiger partial charge in [-0.2, -0.15) is 0 Å². The van der Waals surface area contributed by atoms with Crippen LogP contribution in [-0.2, 0) is 0 Å². The lowest BCUT2D eigenvalue weighted by atomic mass is 10.0. The maximum absolute atomic E-state index is 9.82. The molecule has 1 aromatic carbocycles. The van der Waals surface area contributed by atoms with Gasteiger partial charge in [-0.3, -0.25) is 0 Å². The summed E-state index contributed by atoms with van der Waals surface area (Å²) < 4.78 is 5.27. The molecule has 2 heteroatoms. The van der Waals surface area contributed by atoms with Crippen molar-refractivity contribution in [3.8, 4) is 5.75 Å². The molecule has 0 radical (unpaired) electrons. The molecule has 1 rings (SSSR count). The molecule has 0 aliphatic carbocycles. The third-order valence-corrected chi connectivity index (χ3v) is 2.46. The van der Waals surface area contributed by atoms with E-state index >= 15 is 0 Å². The van der Waals surface area contributed by atoms with Crippen LogP contribution >= 0.6 is 0 Å². The van der Waals surface area contributed by atoms with E-state index in [0.29, 0.717) is 6.42 Å². The van der Waals surface area contributed by atoms with Crippen LogP contribution in [0.5, 0.6) is 5.75 Å². The van der Waals surface area contributed by atoms with Gasteiger partial charge in [0.1, 0.15) is 5.75 Å². The summed E-state index contributed by atoms with van der Waals surface area (Å²) >= 11 is 0. The molecule has 0 unspecified atom stereocenters. The van der Waals surface area contributed by atoms with E-state index in [-0.39, 0.29) is 0 Å². The maximum atomic E-state index is 9.82. The minimum atomic E-state index is -0.467. The van der Waals surface area contributed by atoms with Gasteiger partial charge in [-0.05, 0) is 49.1 Å². The van der Waals surface area contributed by atoms with Crippen molar-refractivity contribution in [1.29, 1.82) is 0 Å². The first kappa shape index (κ1) is 11.8. The van der Waals surface area contributed by atoms with Crippen LogP contribution in [0.3, 0.4) is 0 Å². The topological polar surface area (TPSA) is 29.5 Å². The van der Waals surface area contributed by atoms with Crippen LogP contribution in [0, 0.1) is 13.8 Å². The summed E-state index contributed by atoms with van der Waals surface area (Å²) in [7, 11) is 1.66. The lowest BCUT2D eigenvalue weighted by Crippen LogP contribution is -1.99. The molecular weight excluding hydrogens is 188 g/mol. The molecule has 0 aromatic heterocycles. The van der Waals surface area contributed by atoms with E-state index in [4.69, 9.17) is 4.74 Å². The highest BCUT2D eigenvalue weighted by molar-refractivity contribution is 5.43. The molecule has 15 heavy (non-hydrogen) atoms. The van der Waals surface area contributed by atoms with Crippen molar-refractivity contribution < 1.29 is 9.84 Å². The van der Waals surface area contributed by atoms with Gasteiger partial charge in [0.2, 0.25) is 0 Å². The third kappa shape index (κ3) is 2.60. The van der Waals surface area contributed by atoms with Crippen LogP contribution in [-0.4, -0.2) is 12.2 Å². The molecule has 0 heterocycles. The van der Waals surface area contributed by atoms with E-state index in [0.717, 1.165) is 22.4 Å². The Morgan fingerprint density at radius 1 is 1.40 bits per heavy atom. The van der Waals surface area contributed by atoms with Crippen molar-refractivity contribution >= 4 is 0 Å². The van der Waals surface area contributed by atoms with E-state index in [9.17, 15) is 5.11 Å². The fourth-order valence-electron chi connectivity index (χ4n) is 1.79. The van der Waals surface area contributed by atoms with E-state index in [1.807, 2.05) is 26.0 Å². The lowest BCUT2D eigenvalue weighted by Gasteiger charge is -2.14. The minimum absolute atomic E-state index is 0.467. The molecule has 0 saturated heterocycles. The molecule has 0 amide bonds. The van der Waals surface area contributed by atoms with Crippen LogP contribution < -0.4 is 4.74 Å². The normalized spacial score (nSPS) is 12.3. The standard InChI is InChI=1S/C13H18O2/c1-5-6-12(14)11-7-9(2)13(15-4)10(3)8-11/h5,7-8,12,14H,1,6H2,2-4H3/t12-/m1/s1. The van der Waals surface area contributed by atoms with E-state index in [2.05, 4.69) is 6.58 Å². The molecule has 0 saturated carbocycles. The first-order valence-corrected chi connectivity index (χ1v) is 5.04. The average molecular weight is 206 g/mol. The summed E-state index contributed by atoms with van der Waals surface area (Å²) in [5.74, 6) is 0.893. The Hall–Kier alpha value is -1.28. The highest BCUT2D eigenvalue weighted by Gasteiger charge is 2.10. The number of methoxy groups -OCH3 is 1. The van der Waals surface area contributed by atoms with Crippen LogP contribution in [0.25, 0.3) is 0 Å². The maximum Gasteiger partial charge on any atom is 0.124 e. The number of benzene rings is 1. The van der Waals surface area contributed by atoms with Crippen molar-refractivity contribution in [1.82, 2.24) is 0 Å².